The van der Waals surface area contributed by atoms with E-state index in [1.807, 2.05) is 13.8 Å². The zero-order valence-corrected chi connectivity index (χ0v) is 11.4. The van der Waals surface area contributed by atoms with Crippen molar-refractivity contribution in [3.8, 4) is 0 Å². The first-order valence-electron chi connectivity index (χ1n) is 7.03. The minimum atomic E-state index is -0.307. The molecule has 0 aromatic rings. The van der Waals surface area contributed by atoms with E-state index in [2.05, 4.69) is 5.32 Å². The second-order valence-corrected chi connectivity index (χ2v) is 6.16. The fraction of sp³-hybridized carbons (Fsp3) is 0.929. The standard InChI is InChI=1S/C14H28N2O/c1-14(2,15)11-16-13(17)10-6-9-12-7-4-3-5-8-12/h12H,3-11,15H2,1-2H3,(H,16,17). The summed E-state index contributed by atoms with van der Waals surface area (Å²) in [5, 5.41) is 2.90. The molecule has 0 radical (unpaired) electrons. The van der Waals surface area contributed by atoms with Crippen LogP contribution in [0.5, 0.6) is 0 Å². The number of hydrogen-bond acceptors (Lipinski definition) is 2. The Morgan fingerprint density at radius 1 is 1.29 bits per heavy atom. The van der Waals surface area contributed by atoms with Crippen LogP contribution in [0.3, 0.4) is 0 Å². The molecule has 3 nitrogen and oxygen atoms in total. The molecule has 0 aromatic heterocycles. The lowest BCUT2D eigenvalue weighted by atomic mass is 9.86. The molecule has 1 aliphatic carbocycles. The average Bonchev–Trinajstić information content (AvgIpc) is 2.27. The van der Waals surface area contributed by atoms with Crippen molar-refractivity contribution in [2.24, 2.45) is 11.7 Å². The maximum Gasteiger partial charge on any atom is 0.220 e. The van der Waals surface area contributed by atoms with Crippen LogP contribution in [-0.2, 0) is 4.79 Å². The quantitative estimate of drug-likeness (QED) is 0.750. The van der Waals surface area contributed by atoms with E-state index in [0.29, 0.717) is 13.0 Å². The summed E-state index contributed by atoms with van der Waals surface area (Å²) >= 11 is 0. The van der Waals surface area contributed by atoms with E-state index in [-0.39, 0.29) is 11.4 Å². The summed E-state index contributed by atoms with van der Waals surface area (Å²) in [6.07, 6.45) is 9.83. The Bertz CT molecular complexity index is 227. The van der Waals surface area contributed by atoms with Gasteiger partial charge in [-0.2, -0.15) is 0 Å². The van der Waals surface area contributed by atoms with E-state index in [0.717, 1.165) is 12.3 Å². The molecule has 0 bridgehead atoms. The highest BCUT2D eigenvalue weighted by Crippen LogP contribution is 2.27. The van der Waals surface area contributed by atoms with Gasteiger partial charge in [0.1, 0.15) is 0 Å². The molecule has 1 amide bonds. The lowest BCUT2D eigenvalue weighted by molar-refractivity contribution is -0.121. The van der Waals surface area contributed by atoms with Crippen molar-refractivity contribution in [2.75, 3.05) is 6.54 Å². The summed E-state index contributed by atoms with van der Waals surface area (Å²) in [4.78, 5) is 11.6. The highest BCUT2D eigenvalue weighted by molar-refractivity contribution is 5.75. The largest absolute Gasteiger partial charge is 0.354 e. The number of carbonyl (C=O) groups excluding carboxylic acids is 1. The van der Waals surface area contributed by atoms with E-state index in [1.165, 1.54) is 38.5 Å². The molecule has 1 fully saturated rings. The van der Waals surface area contributed by atoms with Gasteiger partial charge in [-0.3, -0.25) is 4.79 Å². The number of nitrogens with two attached hydrogens (primary N) is 1. The van der Waals surface area contributed by atoms with E-state index < -0.39 is 0 Å². The lowest BCUT2D eigenvalue weighted by Crippen LogP contribution is -2.45. The molecule has 0 aliphatic heterocycles. The molecule has 0 saturated heterocycles. The van der Waals surface area contributed by atoms with E-state index in [9.17, 15) is 4.79 Å². The third-order valence-corrected chi connectivity index (χ3v) is 3.48. The van der Waals surface area contributed by atoms with Crippen LogP contribution >= 0.6 is 0 Å². The van der Waals surface area contributed by atoms with Crippen molar-refractivity contribution in [1.82, 2.24) is 5.32 Å². The van der Waals surface area contributed by atoms with Crippen LogP contribution in [0.2, 0.25) is 0 Å². The minimum absolute atomic E-state index is 0.152. The molecule has 1 rings (SSSR count). The molecule has 17 heavy (non-hydrogen) atoms. The van der Waals surface area contributed by atoms with Crippen LogP contribution in [0, 0.1) is 5.92 Å². The van der Waals surface area contributed by atoms with Gasteiger partial charge in [-0.15, -0.1) is 0 Å². The van der Waals surface area contributed by atoms with Gasteiger partial charge < -0.3 is 11.1 Å². The number of amides is 1. The van der Waals surface area contributed by atoms with Gasteiger partial charge in [-0.05, 0) is 32.6 Å². The molecule has 0 unspecified atom stereocenters. The number of hydrogen-bond donors (Lipinski definition) is 2. The normalized spacial score (nSPS) is 18.1. The average molecular weight is 240 g/mol. The zero-order valence-electron chi connectivity index (χ0n) is 11.4. The summed E-state index contributed by atoms with van der Waals surface area (Å²) in [6.45, 7) is 4.42. The second kappa shape index (κ2) is 7.00. The van der Waals surface area contributed by atoms with Gasteiger partial charge in [-0.25, -0.2) is 0 Å². The molecule has 1 aliphatic rings. The van der Waals surface area contributed by atoms with Gasteiger partial charge in [0.15, 0.2) is 0 Å². The van der Waals surface area contributed by atoms with Crippen LogP contribution in [-0.4, -0.2) is 18.0 Å². The monoisotopic (exact) mass is 240 g/mol. The molecule has 100 valence electrons. The Balaban J connectivity index is 2.03. The number of rotatable bonds is 6. The van der Waals surface area contributed by atoms with Gasteiger partial charge in [-0.1, -0.05) is 32.1 Å². The van der Waals surface area contributed by atoms with Crippen molar-refractivity contribution in [3.63, 3.8) is 0 Å². The van der Waals surface area contributed by atoms with E-state index in [4.69, 9.17) is 5.73 Å². The summed E-state index contributed by atoms with van der Waals surface area (Å²) in [6, 6.07) is 0. The maximum atomic E-state index is 11.6. The topological polar surface area (TPSA) is 55.1 Å². The highest BCUT2D eigenvalue weighted by Gasteiger charge is 2.15. The Labute approximate surface area is 106 Å². The summed E-state index contributed by atoms with van der Waals surface area (Å²) < 4.78 is 0. The lowest BCUT2D eigenvalue weighted by Gasteiger charge is -2.21. The fourth-order valence-electron chi connectivity index (χ4n) is 2.44. The first kappa shape index (κ1) is 14.5. The number of nitrogens with one attached hydrogen (secondary N) is 1. The molecular weight excluding hydrogens is 212 g/mol. The van der Waals surface area contributed by atoms with Gasteiger partial charge in [0.25, 0.3) is 0 Å². The van der Waals surface area contributed by atoms with Crippen molar-refractivity contribution in [1.29, 1.82) is 0 Å². The molecule has 1 saturated carbocycles. The van der Waals surface area contributed by atoms with Gasteiger partial charge in [0, 0.05) is 18.5 Å². The molecule has 3 heteroatoms. The Morgan fingerprint density at radius 3 is 2.53 bits per heavy atom. The third kappa shape index (κ3) is 7.37. The summed E-state index contributed by atoms with van der Waals surface area (Å²) in [5.41, 5.74) is 5.51. The molecule has 0 spiro atoms. The van der Waals surface area contributed by atoms with Gasteiger partial charge in [0.2, 0.25) is 5.91 Å². The Hall–Kier alpha value is -0.570. The second-order valence-electron chi connectivity index (χ2n) is 6.16. The summed E-state index contributed by atoms with van der Waals surface area (Å²) in [5.74, 6) is 1.03. The van der Waals surface area contributed by atoms with Crippen LogP contribution < -0.4 is 11.1 Å². The van der Waals surface area contributed by atoms with Gasteiger partial charge in [0.05, 0.1) is 0 Å². The van der Waals surface area contributed by atoms with E-state index >= 15 is 0 Å². The molecule has 0 heterocycles. The van der Waals surface area contributed by atoms with E-state index in [1.54, 1.807) is 0 Å². The van der Waals surface area contributed by atoms with Crippen molar-refractivity contribution in [3.05, 3.63) is 0 Å². The SMILES string of the molecule is CC(C)(N)CNC(=O)CCCC1CCCCC1. The van der Waals surface area contributed by atoms with Crippen LogP contribution in [0.25, 0.3) is 0 Å². The Morgan fingerprint density at radius 2 is 1.94 bits per heavy atom. The van der Waals surface area contributed by atoms with Crippen molar-refractivity contribution in [2.45, 2.75) is 70.8 Å². The van der Waals surface area contributed by atoms with Gasteiger partial charge >= 0.3 is 0 Å². The predicted octanol–water partition coefficient (Wildman–Crippen LogP) is 2.59. The first-order valence-corrected chi connectivity index (χ1v) is 7.03. The first-order chi connectivity index (χ1) is 7.97. The molecular formula is C14H28N2O. The zero-order chi connectivity index (χ0) is 12.7. The van der Waals surface area contributed by atoms with Crippen molar-refractivity contribution >= 4 is 5.91 Å². The molecule has 0 atom stereocenters. The summed E-state index contributed by atoms with van der Waals surface area (Å²) in [7, 11) is 0. The highest BCUT2D eigenvalue weighted by atomic mass is 16.1. The number of carbonyl (C=O) groups is 1. The fourth-order valence-corrected chi connectivity index (χ4v) is 2.44. The minimum Gasteiger partial charge on any atom is -0.354 e. The maximum absolute atomic E-state index is 11.6. The molecule has 3 N–H and O–H groups in total. The van der Waals surface area contributed by atoms with Crippen LogP contribution in [0.1, 0.15) is 65.2 Å². The van der Waals surface area contributed by atoms with Crippen molar-refractivity contribution < 1.29 is 4.79 Å². The predicted molar refractivity (Wildman–Crippen MR) is 71.7 cm³/mol. The smallest absolute Gasteiger partial charge is 0.220 e. The van der Waals surface area contributed by atoms with Crippen LogP contribution in [0.15, 0.2) is 0 Å². The molecule has 0 aromatic carbocycles. The third-order valence-electron chi connectivity index (χ3n) is 3.48. The Kier molecular flexibility index (Phi) is 5.96. The van der Waals surface area contributed by atoms with Crippen LogP contribution in [0.4, 0.5) is 0 Å².